The lowest BCUT2D eigenvalue weighted by Gasteiger charge is -2.31. The Labute approximate surface area is 173 Å². The van der Waals surface area contributed by atoms with Gasteiger partial charge in [-0.2, -0.15) is 0 Å². The number of nitrogens with zero attached hydrogens (tertiary/aromatic N) is 4. The van der Waals surface area contributed by atoms with Crippen molar-refractivity contribution in [1.82, 2.24) is 25.1 Å². The zero-order chi connectivity index (χ0) is 20.9. The Hall–Kier alpha value is -2.22. The van der Waals surface area contributed by atoms with Gasteiger partial charge >= 0.3 is 6.09 Å². The minimum Gasteiger partial charge on any atom is -0.444 e. The molecule has 0 bridgehead atoms. The lowest BCUT2D eigenvalue weighted by Crippen LogP contribution is -2.44. The van der Waals surface area contributed by atoms with Crippen LogP contribution in [0.3, 0.4) is 0 Å². The minimum atomic E-state index is -0.497. The lowest BCUT2D eigenvalue weighted by atomic mass is 10.1. The van der Waals surface area contributed by atoms with Crippen molar-refractivity contribution >= 4 is 12.0 Å². The zero-order valence-corrected chi connectivity index (χ0v) is 17.8. The van der Waals surface area contributed by atoms with E-state index in [0.29, 0.717) is 32.2 Å². The van der Waals surface area contributed by atoms with E-state index in [1.165, 1.54) is 6.33 Å². The van der Waals surface area contributed by atoms with Crippen molar-refractivity contribution in [2.24, 2.45) is 0 Å². The maximum absolute atomic E-state index is 12.5. The smallest absolute Gasteiger partial charge is 0.410 e. The van der Waals surface area contributed by atoms with Crippen LogP contribution in [0.25, 0.3) is 0 Å². The largest absolute Gasteiger partial charge is 0.444 e. The number of likely N-dealkylation sites (tertiary alicyclic amines) is 1. The van der Waals surface area contributed by atoms with Crippen LogP contribution in [-0.2, 0) is 16.1 Å². The van der Waals surface area contributed by atoms with Crippen molar-refractivity contribution in [2.45, 2.75) is 77.1 Å². The molecule has 1 N–H and O–H groups in total. The van der Waals surface area contributed by atoms with Crippen molar-refractivity contribution in [3.05, 3.63) is 24.3 Å². The lowest BCUT2D eigenvalue weighted by molar-refractivity contribution is -0.123. The first-order chi connectivity index (χ1) is 13.8. The highest BCUT2D eigenvalue weighted by Gasteiger charge is 2.30. The number of nitrogens with one attached hydrogen (secondary N) is 1. The molecule has 1 aromatic rings. The Morgan fingerprint density at radius 1 is 1.17 bits per heavy atom. The van der Waals surface area contributed by atoms with Gasteiger partial charge in [-0.25, -0.2) is 14.8 Å². The molecule has 0 spiro atoms. The molecule has 1 aliphatic carbocycles. The molecular weight excluding hydrogens is 370 g/mol. The molecule has 1 saturated carbocycles. The summed E-state index contributed by atoms with van der Waals surface area (Å²) < 4.78 is 5.53. The summed E-state index contributed by atoms with van der Waals surface area (Å²) in [6.45, 7) is 7.93. The van der Waals surface area contributed by atoms with Crippen LogP contribution in [0.1, 0.15) is 58.4 Å². The third kappa shape index (κ3) is 7.27. The van der Waals surface area contributed by atoms with Gasteiger partial charge in [-0.1, -0.05) is 0 Å². The molecule has 8 heteroatoms. The van der Waals surface area contributed by atoms with Crippen LogP contribution in [0.2, 0.25) is 0 Å². The van der Waals surface area contributed by atoms with E-state index < -0.39 is 5.60 Å². The molecule has 29 heavy (non-hydrogen) atoms. The quantitative estimate of drug-likeness (QED) is 0.784. The predicted octanol–water partition coefficient (Wildman–Crippen LogP) is 2.35. The van der Waals surface area contributed by atoms with E-state index in [9.17, 15) is 9.59 Å². The number of hydrogen-bond donors (Lipinski definition) is 1. The second-order valence-corrected chi connectivity index (χ2v) is 9.05. The van der Waals surface area contributed by atoms with Crippen molar-refractivity contribution in [2.75, 3.05) is 19.6 Å². The Morgan fingerprint density at radius 2 is 1.90 bits per heavy atom. The molecule has 2 fully saturated rings. The summed E-state index contributed by atoms with van der Waals surface area (Å²) in [4.78, 5) is 37.1. The fraction of sp³-hybridized carbons (Fsp3) is 0.714. The summed E-state index contributed by atoms with van der Waals surface area (Å²) in [5.74, 6) is 0.0672. The van der Waals surface area contributed by atoms with Crippen LogP contribution >= 0.6 is 0 Å². The molecule has 2 aliphatic rings. The Balaban J connectivity index is 1.62. The van der Waals surface area contributed by atoms with Gasteiger partial charge in [0, 0.05) is 49.7 Å². The maximum Gasteiger partial charge on any atom is 0.410 e. The molecular formula is C21H33N5O3. The van der Waals surface area contributed by atoms with Crippen LogP contribution < -0.4 is 5.32 Å². The van der Waals surface area contributed by atoms with E-state index in [0.717, 1.165) is 37.7 Å². The van der Waals surface area contributed by atoms with Gasteiger partial charge in [-0.05, 0) is 52.9 Å². The van der Waals surface area contributed by atoms with Crippen LogP contribution in [-0.4, -0.2) is 69.1 Å². The molecule has 1 saturated heterocycles. The van der Waals surface area contributed by atoms with Crippen molar-refractivity contribution in [3.8, 4) is 0 Å². The van der Waals surface area contributed by atoms with Gasteiger partial charge in [0.25, 0.3) is 0 Å². The number of hydrogen-bond acceptors (Lipinski definition) is 6. The van der Waals surface area contributed by atoms with Gasteiger partial charge in [-0.3, -0.25) is 9.69 Å². The average Bonchev–Trinajstić information content (AvgIpc) is 3.47. The van der Waals surface area contributed by atoms with E-state index >= 15 is 0 Å². The van der Waals surface area contributed by atoms with E-state index in [1.807, 2.05) is 20.8 Å². The van der Waals surface area contributed by atoms with Crippen molar-refractivity contribution in [1.29, 1.82) is 0 Å². The topological polar surface area (TPSA) is 87.7 Å². The van der Waals surface area contributed by atoms with Crippen molar-refractivity contribution in [3.63, 3.8) is 0 Å². The fourth-order valence-corrected chi connectivity index (χ4v) is 3.60. The summed E-state index contributed by atoms with van der Waals surface area (Å²) in [5, 5.41) is 3.08. The zero-order valence-electron chi connectivity index (χ0n) is 17.8. The van der Waals surface area contributed by atoms with Gasteiger partial charge in [-0.15, -0.1) is 0 Å². The molecule has 3 rings (SSSR count). The highest BCUT2D eigenvalue weighted by Crippen LogP contribution is 2.22. The molecule has 2 amide bonds. The summed E-state index contributed by atoms with van der Waals surface area (Å²) in [6, 6.07) is 0.564. The predicted molar refractivity (Wildman–Crippen MR) is 109 cm³/mol. The van der Waals surface area contributed by atoms with Gasteiger partial charge in [0.05, 0.1) is 6.54 Å². The van der Waals surface area contributed by atoms with Crippen molar-refractivity contribution < 1.29 is 14.3 Å². The molecule has 0 radical (unpaired) electrons. The van der Waals surface area contributed by atoms with Gasteiger partial charge in [0.1, 0.15) is 11.9 Å². The number of carbonyl (C=O) groups excluding carboxylic acids is 2. The fourth-order valence-electron chi connectivity index (χ4n) is 3.60. The van der Waals surface area contributed by atoms with Gasteiger partial charge in [0.15, 0.2) is 0 Å². The van der Waals surface area contributed by atoms with E-state index in [4.69, 9.17) is 4.74 Å². The molecule has 160 valence electrons. The third-order valence-electron chi connectivity index (χ3n) is 5.15. The summed E-state index contributed by atoms with van der Waals surface area (Å²) in [5.41, 5.74) is 0.489. The second kappa shape index (κ2) is 9.52. The molecule has 1 aromatic heterocycles. The van der Waals surface area contributed by atoms with Crippen LogP contribution in [0.15, 0.2) is 18.7 Å². The highest BCUT2D eigenvalue weighted by atomic mass is 16.6. The first-order valence-electron chi connectivity index (χ1n) is 10.6. The number of carbonyl (C=O) groups is 2. The molecule has 2 heterocycles. The number of rotatable bonds is 6. The number of amides is 2. The first-order valence-corrected chi connectivity index (χ1v) is 10.6. The Bertz CT molecular complexity index is 687. The third-order valence-corrected chi connectivity index (χ3v) is 5.15. The minimum absolute atomic E-state index is 0.0672. The summed E-state index contributed by atoms with van der Waals surface area (Å²) in [6.07, 6.45) is 9.62. The van der Waals surface area contributed by atoms with Gasteiger partial charge < -0.3 is 15.0 Å². The normalized spacial score (nSPS) is 20.3. The Kier molecular flexibility index (Phi) is 7.05. The van der Waals surface area contributed by atoms with E-state index in [2.05, 4.69) is 20.2 Å². The second-order valence-electron chi connectivity index (χ2n) is 9.05. The SMILES string of the molecule is CC(C)(C)OC(=O)N1CCC[C@@H](N(CC(=O)NC2CC2)Cc2cncnc2)CC1. The molecule has 8 nitrogen and oxygen atoms in total. The molecule has 1 atom stereocenters. The maximum atomic E-state index is 12.5. The van der Waals surface area contributed by atoms with Crippen LogP contribution in [0, 0.1) is 0 Å². The van der Waals surface area contributed by atoms with Crippen LogP contribution in [0.5, 0.6) is 0 Å². The standard InChI is InChI=1S/C21H33N5O3/c1-21(2,3)29-20(28)25-9-4-5-18(8-10-25)26(13-16-11-22-15-23-12-16)14-19(27)24-17-6-7-17/h11-12,15,17-18H,4-10,13-14H2,1-3H3,(H,24,27)/t18-/m1/s1. The first kappa shape index (κ1) is 21.5. The molecule has 0 aromatic carbocycles. The van der Waals surface area contributed by atoms with Crippen LogP contribution in [0.4, 0.5) is 4.79 Å². The number of aromatic nitrogens is 2. The van der Waals surface area contributed by atoms with Gasteiger partial charge in [0.2, 0.25) is 5.91 Å². The molecule has 0 unspecified atom stereocenters. The van der Waals surface area contributed by atoms with E-state index in [1.54, 1.807) is 17.3 Å². The highest BCUT2D eigenvalue weighted by molar-refractivity contribution is 5.78. The summed E-state index contributed by atoms with van der Waals surface area (Å²) >= 11 is 0. The summed E-state index contributed by atoms with van der Waals surface area (Å²) in [7, 11) is 0. The Morgan fingerprint density at radius 3 is 2.55 bits per heavy atom. The average molecular weight is 404 g/mol. The molecule has 1 aliphatic heterocycles. The van der Waals surface area contributed by atoms with E-state index in [-0.39, 0.29) is 18.0 Å². The monoisotopic (exact) mass is 403 g/mol. The number of ether oxygens (including phenoxy) is 1.